The maximum atomic E-state index is 12.5. The minimum Gasteiger partial charge on any atom is -0.381 e. The minimum absolute atomic E-state index is 0.113. The summed E-state index contributed by atoms with van der Waals surface area (Å²) < 4.78 is 5.34. The SMILES string of the molecule is CN1[C@@H](CC(=O)NC2CCOCC2)CC[C@H]1CNC(=O)c1ccc2cc[nH]c2n1. The lowest BCUT2D eigenvalue weighted by Gasteiger charge is -2.27. The second-order valence-electron chi connectivity index (χ2n) is 8.03. The zero-order valence-electron chi connectivity index (χ0n) is 16.8. The van der Waals surface area contributed by atoms with Crippen molar-refractivity contribution in [3.63, 3.8) is 0 Å². The normalized spacial score (nSPS) is 23.3. The van der Waals surface area contributed by atoms with E-state index < -0.39 is 0 Å². The third-order valence-corrected chi connectivity index (χ3v) is 6.13. The summed E-state index contributed by atoms with van der Waals surface area (Å²) in [6, 6.07) is 6.24. The van der Waals surface area contributed by atoms with Crippen LogP contribution in [0.15, 0.2) is 24.4 Å². The van der Waals surface area contributed by atoms with E-state index in [0.717, 1.165) is 44.3 Å². The highest BCUT2D eigenvalue weighted by Gasteiger charge is 2.32. The van der Waals surface area contributed by atoms with Crippen molar-refractivity contribution in [2.75, 3.05) is 26.8 Å². The molecule has 0 spiro atoms. The third kappa shape index (κ3) is 4.76. The molecule has 8 heteroatoms. The highest BCUT2D eigenvalue weighted by molar-refractivity contribution is 5.94. The standard InChI is InChI=1S/C21H29N5O3/c1-26-16(12-19(27)24-15-7-10-29-11-8-15)3-4-17(26)13-23-21(28)18-5-2-14-6-9-22-20(14)25-18/h2,5-6,9,15-17H,3-4,7-8,10-13H2,1H3,(H,22,25)(H,23,28)(H,24,27)/t16-,17+/m1/s1. The third-order valence-electron chi connectivity index (χ3n) is 6.13. The van der Waals surface area contributed by atoms with Gasteiger partial charge in [0.2, 0.25) is 5.91 Å². The van der Waals surface area contributed by atoms with E-state index in [1.165, 1.54) is 0 Å². The second kappa shape index (κ2) is 8.92. The molecule has 2 aromatic heterocycles. The molecule has 2 fully saturated rings. The topological polar surface area (TPSA) is 99.4 Å². The number of carbonyl (C=O) groups excluding carboxylic acids is 2. The molecular weight excluding hydrogens is 370 g/mol. The van der Waals surface area contributed by atoms with E-state index in [9.17, 15) is 9.59 Å². The summed E-state index contributed by atoms with van der Waals surface area (Å²) in [5.41, 5.74) is 1.12. The Morgan fingerprint density at radius 1 is 1.17 bits per heavy atom. The van der Waals surface area contributed by atoms with Crippen molar-refractivity contribution >= 4 is 22.8 Å². The number of aromatic amines is 1. The molecule has 0 radical (unpaired) electrons. The Kier molecular flexibility index (Phi) is 6.10. The van der Waals surface area contributed by atoms with Crippen molar-refractivity contribution in [3.8, 4) is 0 Å². The smallest absolute Gasteiger partial charge is 0.270 e. The molecule has 29 heavy (non-hydrogen) atoms. The number of likely N-dealkylation sites (N-methyl/N-ethyl adjacent to an activating group) is 1. The maximum Gasteiger partial charge on any atom is 0.270 e. The highest BCUT2D eigenvalue weighted by atomic mass is 16.5. The Morgan fingerprint density at radius 3 is 2.79 bits per heavy atom. The Labute approximate surface area is 170 Å². The monoisotopic (exact) mass is 399 g/mol. The fourth-order valence-electron chi connectivity index (χ4n) is 4.28. The summed E-state index contributed by atoms with van der Waals surface area (Å²) in [6.07, 6.45) is 6.03. The van der Waals surface area contributed by atoms with E-state index in [4.69, 9.17) is 4.74 Å². The van der Waals surface area contributed by atoms with Crippen molar-refractivity contribution in [1.29, 1.82) is 0 Å². The van der Waals surface area contributed by atoms with Gasteiger partial charge in [0, 0.05) is 55.9 Å². The lowest BCUT2D eigenvalue weighted by Crippen LogP contribution is -2.44. The number of hydrogen-bond donors (Lipinski definition) is 3. The van der Waals surface area contributed by atoms with Crippen LogP contribution in [0.3, 0.4) is 0 Å². The number of hydrogen-bond acceptors (Lipinski definition) is 5. The predicted octanol–water partition coefficient (Wildman–Crippen LogP) is 1.44. The average Bonchev–Trinajstić information content (AvgIpc) is 3.33. The molecule has 2 saturated heterocycles. The molecule has 2 atom stereocenters. The molecule has 156 valence electrons. The number of rotatable bonds is 6. The van der Waals surface area contributed by atoms with E-state index in [0.29, 0.717) is 24.3 Å². The summed E-state index contributed by atoms with van der Waals surface area (Å²) in [5.74, 6) is -0.0579. The van der Waals surface area contributed by atoms with Gasteiger partial charge < -0.3 is 20.4 Å². The van der Waals surface area contributed by atoms with Crippen LogP contribution in [0.5, 0.6) is 0 Å². The average molecular weight is 399 g/mol. The lowest BCUT2D eigenvalue weighted by atomic mass is 10.1. The lowest BCUT2D eigenvalue weighted by molar-refractivity contribution is -0.123. The number of carbonyl (C=O) groups is 2. The van der Waals surface area contributed by atoms with Crippen LogP contribution in [-0.2, 0) is 9.53 Å². The molecule has 8 nitrogen and oxygen atoms in total. The second-order valence-corrected chi connectivity index (χ2v) is 8.03. The van der Waals surface area contributed by atoms with Gasteiger partial charge in [-0.2, -0.15) is 0 Å². The van der Waals surface area contributed by atoms with Gasteiger partial charge in [0.1, 0.15) is 11.3 Å². The fraction of sp³-hybridized carbons (Fsp3) is 0.571. The van der Waals surface area contributed by atoms with E-state index in [-0.39, 0.29) is 29.9 Å². The molecule has 0 unspecified atom stereocenters. The molecule has 0 saturated carbocycles. The van der Waals surface area contributed by atoms with Crippen LogP contribution in [0.1, 0.15) is 42.6 Å². The number of H-pyrrole nitrogens is 1. The molecule has 0 aliphatic carbocycles. The number of pyridine rings is 1. The van der Waals surface area contributed by atoms with Gasteiger partial charge in [0.15, 0.2) is 0 Å². The molecular formula is C21H29N5O3. The molecule has 2 aliphatic heterocycles. The van der Waals surface area contributed by atoms with E-state index in [1.54, 1.807) is 6.07 Å². The molecule has 4 heterocycles. The molecule has 0 bridgehead atoms. The Hall–Kier alpha value is -2.45. The van der Waals surface area contributed by atoms with Crippen LogP contribution in [0, 0.1) is 0 Å². The Balaban J connectivity index is 1.24. The van der Waals surface area contributed by atoms with Crippen molar-refractivity contribution in [1.82, 2.24) is 25.5 Å². The van der Waals surface area contributed by atoms with Crippen LogP contribution in [0.25, 0.3) is 11.0 Å². The van der Waals surface area contributed by atoms with Crippen molar-refractivity contribution in [2.24, 2.45) is 0 Å². The first-order valence-corrected chi connectivity index (χ1v) is 10.4. The Bertz CT molecular complexity index is 861. The van der Waals surface area contributed by atoms with Gasteiger partial charge in [0.05, 0.1) is 0 Å². The van der Waals surface area contributed by atoms with Gasteiger partial charge in [-0.3, -0.25) is 14.5 Å². The quantitative estimate of drug-likeness (QED) is 0.683. The van der Waals surface area contributed by atoms with Gasteiger partial charge in [-0.05, 0) is 50.9 Å². The summed E-state index contributed by atoms with van der Waals surface area (Å²) >= 11 is 0. The number of amides is 2. The fourth-order valence-corrected chi connectivity index (χ4v) is 4.28. The summed E-state index contributed by atoms with van der Waals surface area (Å²) in [6.45, 7) is 2.00. The number of likely N-dealkylation sites (tertiary alicyclic amines) is 1. The first-order valence-electron chi connectivity index (χ1n) is 10.4. The number of aromatic nitrogens is 2. The van der Waals surface area contributed by atoms with Crippen LogP contribution in [0.2, 0.25) is 0 Å². The molecule has 2 amide bonds. The largest absolute Gasteiger partial charge is 0.381 e. The first kappa shape index (κ1) is 19.8. The molecule has 2 aliphatic rings. The number of nitrogens with one attached hydrogen (secondary N) is 3. The predicted molar refractivity (Wildman–Crippen MR) is 110 cm³/mol. The summed E-state index contributed by atoms with van der Waals surface area (Å²) in [4.78, 5) is 34.5. The number of nitrogens with zero attached hydrogens (tertiary/aromatic N) is 2. The zero-order chi connectivity index (χ0) is 20.2. The van der Waals surface area contributed by atoms with Crippen molar-refractivity contribution in [2.45, 2.75) is 50.2 Å². The van der Waals surface area contributed by atoms with Crippen molar-refractivity contribution < 1.29 is 14.3 Å². The van der Waals surface area contributed by atoms with E-state index in [1.807, 2.05) is 25.4 Å². The van der Waals surface area contributed by atoms with Crippen LogP contribution < -0.4 is 10.6 Å². The van der Waals surface area contributed by atoms with Gasteiger partial charge in [-0.15, -0.1) is 0 Å². The van der Waals surface area contributed by atoms with E-state index in [2.05, 4.69) is 25.5 Å². The maximum absolute atomic E-state index is 12.5. The van der Waals surface area contributed by atoms with Crippen LogP contribution in [-0.4, -0.2) is 71.6 Å². The minimum atomic E-state index is -0.171. The molecule has 3 N–H and O–H groups in total. The number of ether oxygens (including phenoxy) is 1. The van der Waals surface area contributed by atoms with Gasteiger partial charge in [0.25, 0.3) is 5.91 Å². The van der Waals surface area contributed by atoms with E-state index >= 15 is 0 Å². The van der Waals surface area contributed by atoms with Crippen LogP contribution >= 0.6 is 0 Å². The molecule has 2 aromatic rings. The molecule has 4 rings (SSSR count). The number of fused-ring (bicyclic) bond motifs is 1. The van der Waals surface area contributed by atoms with Gasteiger partial charge >= 0.3 is 0 Å². The van der Waals surface area contributed by atoms with Crippen molar-refractivity contribution in [3.05, 3.63) is 30.1 Å². The van der Waals surface area contributed by atoms with Gasteiger partial charge in [-0.25, -0.2) is 4.98 Å². The highest BCUT2D eigenvalue weighted by Crippen LogP contribution is 2.24. The summed E-state index contributed by atoms with van der Waals surface area (Å²) in [7, 11) is 2.04. The zero-order valence-corrected chi connectivity index (χ0v) is 16.8. The van der Waals surface area contributed by atoms with Gasteiger partial charge in [-0.1, -0.05) is 0 Å². The first-order chi connectivity index (χ1) is 14.1. The van der Waals surface area contributed by atoms with Crippen LogP contribution in [0.4, 0.5) is 0 Å². The molecule has 0 aromatic carbocycles. The summed E-state index contributed by atoms with van der Waals surface area (Å²) in [5, 5.41) is 7.12. The Morgan fingerprint density at radius 2 is 1.97 bits per heavy atom.